The summed E-state index contributed by atoms with van der Waals surface area (Å²) >= 11 is 0. The molecule has 3 N–H and O–H groups in total. The predicted octanol–water partition coefficient (Wildman–Crippen LogP) is -0.911. The van der Waals surface area contributed by atoms with Gasteiger partial charge in [0.15, 0.2) is 0 Å². The Kier molecular flexibility index (Phi) is 4.74. The molecule has 1 rings (SSSR count). The Morgan fingerprint density at radius 3 is 3.08 bits per heavy atom. The fourth-order valence-corrected chi connectivity index (χ4v) is 1.35. The van der Waals surface area contributed by atoms with Crippen LogP contribution in [0.3, 0.4) is 0 Å². The van der Waals surface area contributed by atoms with E-state index in [0.29, 0.717) is 6.42 Å². The Morgan fingerprint density at radius 1 is 1.46 bits per heavy atom. The van der Waals surface area contributed by atoms with E-state index in [4.69, 9.17) is 10.6 Å². The molecule has 5 nitrogen and oxygen atoms in total. The summed E-state index contributed by atoms with van der Waals surface area (Å²) in [7, 11) is 0. The van der Waals surface area contributed by atoms with E-state index in [1.165, 1.54) is 0 Å². The predicted molar refractivity (Wildman–Crippen MR) is 48.8 cm³/mol. The zero-order valence-corrected chi connectivity index (χ0v) is 7.79. The van der Waals surface area contributed by atoms with Crippen LogP contribution in [0.4, 0.5) is 0 Å². The third-order valence-corrected chi connectivity index (χ3v) is 2.13. The van der Waals surface area contributed by atoms with Gasteiger partial charge in [0.05, 0.1) is 6.61 Å². The number of rotatable bonds is 3. The number of nitrogens with zero attached hydrogens (tertiary/aromatic N) is 1. The number of ether oxygens (including phenoxy) is 1. The lowest BCUT2D eigenvalue weighted by atomic mass is 10.3. The molecule has 0 spiro atoms. The number of hydrogen-bond acceptors (Lipinski definition) is 4. The molecule has 13 heavy (non-hydrogen) atoms. The number of amides is 1. The number of nitrogens with one attached hydrogen (secondary N) is 1. The van der Waals surface area contributed by atoms with Gasteiger partial charge < -0.3 is 9.64 Å². The third kappa shape index (κ3) is 4.21. The summed E-state index contributed by atoms with van der Waals surface area (Å²) in [6, 6.07) is 0. The van der Waals surface area contributed by atoms with Crippen molar-refractivity contribution in [2.24, 2.45) is 5.84 Å². The number of nitrogens with two attached hydrogens (primary N) is 1. The maximum Gasteiger partial charge on any atom is 0.235 e. The van der Waals surface area contributed by atoms with Gasteiger partial charge in [-0.25, -0.2) is 5.84 Å². The summed E-state index contributed by atoms with van der Waals surface area (Å²) in [5, 5.41) is 0. The van der Waals surface area contributed by atoms with E-state index in [1.54, 1.807) is 0 Å². The molecule has 0 atom stereocenters. The van der Waals surface area contributed by atoms with Crippen LogP contribution >= 0.6 is 0 Å². The number of hydrogen-bond donors (Lipinski definition) is 2. The molecule has 0 bridgehead atoms. The Balaban J connectivity index is 2.15. The lowest BCUT2D eigenvalue weighted by molar-refractivity contribution is -0.121. The number of hydrazine groups is 1. The minimum atomic E-state index is -0.106. The lowest BCUT2D eigenvalue weighted by Gasteiger charge is -2.17. The van der Waals surface area contributed by atoms with Gasteiger partial charge in [0.2, 0.25) is 5.91 Å². The van der Waals surface area contributed by atoms with Crippen LogP contribution in [-0.2, 0) is 9.53 Å². The molecule has 5 heteroatoms. The van der Waals surface area contributed by atoms with Gasteiger partial charge in [-0.15, -0.1) is 0 Å². The van der Waals surface area contributed by atoms with Crippen LogP contribution in [0.5, 0.6) is 0 Å². The molecule has 1 heterocycles. The normalized spacial score (nSPS) is 19.5. The molecule has 1 fully saturated rings. The standard InChI is InChI=1S/C8H17N3O2/c9-10-8(12)2-4-11-3-1-6-13-7-5-11/h1-7,9H2,(H,10,12). The highest BCUT2D eigenvalue weighted by atomic mass is 16.5. The fourth-order valence-electron chi connectivity index (χ4n) is 1.35. The molecule has 1 aliphatic heterocycles. The van der Waals surface area contributed by atoms with Crippen molar-refractivity contribution in [2.45, 2.75) is 12.8 Å². The summed E-state index contributed by atoms with van der Waals surface area (Å²) in [5.74, 6) is 4.87. The number of carbonyl (C=O) groups excluding carboxylic acids is 1. The first kappa shape index (κ1) is 10.4. The van der Waals surface area contributed by atoms with Gasteiger partial charge in [-0.3, -0.25) is 10.2 Å². The molecule has 0 aromatic heterocycles. The van der Waals surface area contributed by atoms with Gasteiger partial charge >= 0.3 is 0 Å². The van der Waals surface area contributed by atoms with Crippen molar-refractivity contribution < 1.29 is 9.53 Å². The molecule has 0 aromatic carbocycles. The molecule has 0 radical (unpaired) electrons. The zero-order chi connectivity index (χ0) is 9.52. The topological polar surface area (TPSA) is 67.6 Å². The summed E-state index contributed by atoms with van der Waals surface area (Å²) in [4.78, 5) is 13.1. The number of carbonyl (C=O) groups is 1. The maximum absolute atomic E-state index is 10.8. The summed E-state index contributed by atoms with van der Waals surface area (Å²) in [6.07, 6.45) is 1.51. The minimum absolute atomic E-state index is 0.106. The van der Waals surface area contributed by atoms with Crippen molar-refractivity contribution in [2.75, 3.05) is 32.8 Å². The van der Waals surface area contributed by atoms with Crippen LogP contribution in [0.25, 0.3) is 0 Å². The van der Waals surface area contributed by atoms with Crippen molar-refractivity contribution in [1.82, 2.24) is 10.3 Å². The summed E-state index contributed by atoms with van der Waals surface area (Å²) in [5.41, 5.74) is 2.12. The third-order valence-electron chi connectivity index (χ3n) is 2.13. The first-order valence-corrected chi connectivity index (χ1v) is 4.62. The molecule has 0 aliphatic carbocycles. The largest absolute Gasteiger partial charge is 0.380 e. The van der Waals surface area contributed by atoms with E-state index >= 15 is 0 Å². The average Bonchev–Trinajstić information content (AvgIpc) is 2.42. The maximum atomic E-state index is 10.8. The molecular formula is C8H17N3O2. The fraction of sp³-hybridized carbons (Fsp3) is 0.875. The SMILES string of the molecule is NNC(=O)CCN1CCCOCC1. The highest BCUT2D eigenvalue weighted by Crippen LogP contribution is 1.99. The molecule has 1 amide bonds. The highest BCUT2D eigenvalue weighted by molar-refractivity contribution is 5.75. The highest BCUT2D eigenvalue weighted by Gasteiger charge is 2.09. The minimum Gasteiger partial charge on any atom is -0.380 e. The van der Waals surface area contributed by atoms with Crippen molar-refractivity contribution in [3.8, 4) is 0 Å². The zero-order valence-electron chi connectivity index (χ0n) is 7.79. The molecule has 1 aliphatic rings. The van der Waals surface area contributed by atoms with Gasteiger partial charge in [-0.1, -0.05) is 0 Å². The van der Waals surface area contributed by atoms with Crippen LogP contribution in [-0.4, -0.2) is 43.7 Å². The van der Waals surface area contributed by atoms with Crippen molar-refractivity contribution in [3.05, 3.63) is 0 Å². The van der Waals surface area contributed by atoms with E-state index in [9.17, 15) is 4.79 Å². The Labute approximate surface area is 78.2 Å². The van der Waals surface area contributed by atoms with Crippen molar-refractivity contribution >= 4 is 5.91 Å². The van der Waals surface area contributed by atoms with Crippen molar-refractivity contribution in [3.63, 3.8) is 0 Å². The van der Waals surface area contributed by atoms with E-state index in [2.05, 4.69) is 10.3 Å². The summed E-state index contributed by atoms with van der Waals surface area (Å²) in [6.45, 7) is 4.30. The first-order chi connectivity index (χ1) is 6.33. The first-order valence-electron chi connectivity index (χ1n) is 4.62. The van der Waals surface area contributed by atoms with Crippen LogP contribution in [0.15, 0.2) is 0 Å². The second kappa shape index (κ2) is 5.90. The second-order valence-corrected chi connectivity index (χ2v) is 3.13. The van der Waals surface area contributed by atoms with E-state index in [-0.39, 0.29) is 5.91 Å². The van der Waals surface area contributed by atoms with Crippen LogP contribution in [0.2, 0.25) is 0 Å². The monoisotopic (exact) mass is 187 g/mol. The van der Waals surface area contributed by atoms with Gasteiger partial charge in [0.25, 0.3) is 0 Å². The summed E-state index contributed by atoms with van der Waals surface area (Å²) < 4.78 is 5.29. The van der Waals surface area contributed by atoms with Gasteiger partial charge in [0.1, 0.15) is 0 Å². The van der Waals surface area contributed by atoms with Gasteiger partial charge in [-0.05, 0) is 6.42 Å². The Morgan fingerprint density at radius 2 is 2.31 bits per heavy atom. The molecule has 1 saturated heterocycles. The molecular weight excluding hydrogens is 170 g/mol. The molecule has 0 aromatic rings. The van der Waals surface area contributed by atoms with Crippen molar-refractivity contribution in [1.29, 1.82) is 0 Å². The quantitative estimate of drug-likeness (QED) is 0.341. The second-order valence-electron chi connectivity index (χ2n) is 3.13. The van der Waals surface area contributed by atoms with E-state index < -0.39 is 0 Å². The Hall–Kier alpha value is -0.650. The average molecular weight is 187 g/mol. The van der Waals surface area contributed by atoms with Crippen LogP contribution < -0.4 is 11.3 Å². The van der Waals surface area contributed by atoms with Gasteiger partial charge in [0, 0.05) is 32.7 Å². The van der Waals surface area contributed by atoms with Gasteiger partial charge in [-0.2, -0.15) is 0 Å². The van der Waals surface area contributed by atoms with E-state index in [0.717, 1.165) is 39.3 Å². The Bertz CT molecular complexity index is 155. The van der Waals surface area contributed by atoms with Crippen LogP contribution in [0, 0.1) is 0 Å². The lowest BCUT2D eigenvalue weighted by Crippen LogP contribution is -2.35. The molecule has 0 unspecified atom stereocenters. The van der Waals surface area contributed by atoms with Crippen LogP contribution in [0.1, 0.15) is 12.8 Å². The molecule has 76 valence electrons. The smallest absolute Gasteiger partial charge is 0.235 e. The van der Waals surface area contributed by atoms with E-state index in [1.807, 2.05) is 0 Å². The molecule has 0 saturated carbocycles.